The van der Waals surface area contributed by atoms with E-state index in [4.69, 9.17) is 4.74 Å². The lowest BCUT2D eigenvalue weighted by atomic mass is 9.99. The number of carbonyl (C=O) groups excluding carboxylic acids is 1. The van der Waals surface area contributed by atoms with Crippen LogP contribution in [0.1, 0.15) is 39.5 Å². The lowest BCUT2D eigenvalue weighted by Gasteiger charge is -2.29. The molecule has 0 bridgehead atoms. The number of anilines is 2. The third kappa shape index (κ3) is 6.20. The zero-order valence-corrected chi connectivity index (χ0v) is 15.3. The van der Waals surface area contributed by atoms with Gasteiger partial charge in [0.2, 0.25) is 0 Å². The standard InChI is InChI=1S/C19H30FN3O2/c1-3-5-6-15(4-2)14-21-19(24)22-16-7-8-18(17(20)13-16)23-9-11-25-12-10-23/h7-8,13,15H,3-6,9-12,14H2,1-2H3,(H2,21,22,24). The summed E-state index contributed by atoms with van der Waals surface area (Å²) in [5, 5.41) is 5.60. The van der Waals surface area contributed by atoms with Crippen molar-refractivity contribution in [1.82, 2.24) is 5.32 Å². The smallest absolute Gasteiger partial charge is 0.319 e. The number of nitrogens with zero attached hydrogens (tertiary/aromatic N) is 1. The third-order valence-electron chi connectivity index (χ3n) is 4.65. The molecule has 0 aromatic heterocycles. The van der Waals surface area contributed by atoms with Crippen LogP contribution in [0.2, 0.25) is 0 Å². The summed E-state index contributed by atoms with van der Waals surface area (Å²) in [7, 11) is 0. The maximum atomic E-state index is 14.3. The van der Waals surface area contributed by atoms with E-state index in [0.717, 1.165) is 19.3 Å². The topological polar surface area (TPSA) is 53.6 Å². The predicted octanol–water partition coefficient (Wildman–Crippen LogP) is 4.00. The number of halogens is 1. The first kappa shape index (κ1) is 19.5. The van der Waals surface area contributed by atoms with Crippen molar-refractivity contribution in [3.63, 3.8) is 0 Å². The van der Waals surface area contributed by atoms with Crippen LogP contribution in [0, 0.1) is 11.7 Å². The van der Waals surface area contributed by atoms with Crippen LogP contribution in [-0.4, -0.2) is 38.9 Å². The second-order valence-electron chi connectivity index (χ2n) is 6.52. The lowest BCUT2D eigenvalue weighted by molar-refractivity contribution is 0.122. The minimum absolute atomic E-state index is 0.284. The summed E-state index contributed by atoms with van der Waals surface area (Å²) in [5.74, 6) is 0.167. The van der Waals surface area contributed by atoms with Crippen molar-refractivity contribution in [3.05, 3.63) is 24.0 Å². The molecule has 0 aliphatic carbocycles. The highest BCUT2D eigenvalue weighted by molar-refractivity contribution is 5.89. The van der Waals surface area contributed by atoms with Crippen molar-refractivity contribution >= 4 is 17.4 Å². The molecule has 140 valence electrons. The van der Waals surface area contributed by atoms with E-state index in [9.17, 15) is 9.18 Å². The molecule has 1 fully saturated rings. The molecule has 1 aliphatic heterocycles. The molecule has 1 saturated heterocycles. The molecule has 0 radical (unpaired) electrons. The fourth-order valence-electron chi connectivity index (χ4n) is 3.00. The zero-order chi connectivity index (χ0) is 18.1. The third-order valence-corrected chi connectivity index (χ3v) is 4.65. The summed E-state index contributed by atoms with van der Waals surface area (Å²) in [6, 6.07) is 4.54. The first-order valence-electron chi connectivity index (χ1n) is 9.31. The molecule has 1 atom stereocenters. The number of nitrogens with one attached hydrogen (secondary N) is 2. The molecule has 25 heavy (non-hydrogen) atoms. The number of amides is 2. The average Bonchev–Trinajstić information content (AvgIpc) is 2.63. The van der Waals surface area contributed by atoms with Crippen LogP contribution in [0.4, 0.5) is 20.6 Å². The number of benzene rings is 1. The monoisotopic (exact) mass is 351 g/mol. The summed E-state index contributed by atoms with van der Waals surface area (Å²) in [6.07, 6.45) is 4.51. The van der Waals surface area contributed by atoms with Crippen LogP contribution < -0.4 is 15.5 Å². The molecule has 6 heteroatoms. The Morgan fingerprint density at radius 3 is 2.72 bits per heavy atom. The lowest BCUT2D eigenvalue weighted by Crippen LogP contribution is -2.36. The van der Waals surface area contributed by atoms with Crippen LogP contribution >= 0.6 is 0 Å². The van der Waals surface area contributed by atoms with Gasteiger partial charge in [0.05, 0.1) is 18.9 Å². The molecule has 2 N–H and O–H groups in total. The number of morpholine rings is 1. The summed E-state index contributed by atoms with van der Waals surface area (Å²) < 4.78 is 19.6. The van der Waals surface area contributed by atoms with Crippen molar-refractivity contribution in [2.45, 2.75) is 39.5 Å². The van der Waals surface area contributed by atoms with Crippen LogP contribution in [0.15, 0.2) is 18.2 Å². The Bertz CT molecular complexity index is 547. The average molecular weight is 351 g/mol. The van der Waals surface area contributed by atoms with E-state index in [2.05, 4.69) is 24.5 Å². The van der Waals surface area contributed by atoms with E-state index in [0.29, 0.717) is 50.1 Å². The van der Waals surface area contributed by atoms with E-state index in [1.165, 1.54) is 12.5 Å². The molecular weight excluding hydrogens is 321 g/mol. The van der Waals surface area contributed by atoms with E-state index in [1.54, 1.807) is 12.1 Å². The molecular formula is C19H30FN3O2. The fourth-order valence-corrected chi connectivity index (χ4v) is 3.00. The van der Waals surface area contributed by atoms with Crippen LogP contribution in [0.25, 0.3) is 0 Å². The maximum Gasteiger partial charge on any atom is 0.319 e. The van der Waals surface area contributed by atoms with Gasteiger partial charge in [-0.05, 0) is 30.5 Å². The Morgan fingerprint density at radius 1 is 1.32 bits per heavy atom. The number of carbonyl (C=O) groups is 1. The summed E-state index contributed by atoms with van der Waals surface area (Å²) in [4.78, 5) is 14.0. The second kappa shape index (κ2) is 10.2. The largest absolute Gasteiger partial charge is 0.378 e. The molecule has 5 nitrogen and oxygen atoms in total. The minimum Gasteiger partial charge on any atom is -0.378 e. The zero-order valence-electron chi connectivity index (χ0n) is 15.3. The Balaban J connectivity index is 1.85. The van der Waals surface area contributed by atoms with Gasteiger partial charge < -0.3 is 20.3 Å². The molecule has 1 aromatic carbocycles. The van der Waals surface area contributed by atoms with E-state index < -0.39 is 0 Å². The fraction of sp³-hybridized carbons (Fsp3) is 0.632. The van der Waals surface area contributed by atoms with Gasteiger partial charge in [0.1, 0.15) is 5.82 Å². The number of hydrogen-bond acceptors (Lipinski definition) is 3. The highest BCUT2D eigenvalue weighted by Crippen LogP contribution is 2.23. The van der Waals surface area contributed by atoms with Crippen molar-refractivity contribution < 1.29 is 13.9 Å². The first-order chi connectivity index (χ1) is 12.1. The van der Waals surface area contributed by atoms with Crippen LogP contribution in [0.5, 0.6) is 0 Å². The molecule has 1 aromatic rings. The van der Waals surface area contributed by atoms with Crippen LogP contribution in [-0.2, 0) is 4.74 Å². The van der Waals surface area contributed by atoms with Gasteiger partial charge in [0, 0.05) is 25.3 Å². The molecule has 0 spiro atoms. The van der Waals surface area contributed by atoms with Gasteiger partial charge in [-0.3, -0.25) is 0 Å². The summed E-state index contributed by atoms with van der Waals surface area (Å²) >= 11 is 0. The minimum atomic E-state index is -0.325. The number of ether oxygens (including phenoxy) is 1. The van der Waals surface area contributed by atoms with Gasteiger partial charge >= 0.3 is 6.03 Å². The number of rotatable bonds is 8. The van der Waals surface area contributed by atoms with Gasteiger partial charge in [0.25, 0.3) is 0 Å². The maximum absolute atomic E-state index is 14.3. The highest BCUT2D eigenvalue weighted by atomic mass is 19.1. The summed E-state index contributed by atoms with van der Waals surface area (Å²) in [5.41, 5.74) is 1.02. The molecule has 1 heterocycles. The first-order valence-corrected chi connectivity index (χ1v) is 9.31. The Hall–Kier alpha value is -1.82. The number of urea groups is 1. The van der Waals surface area contributed by atoms with E-state index in [-0.39, 0.29) is 11.8 Å². The molecule has 0 saturated carbocycles. The van der Waals surface area contributed by atoms with Gasteiger partial charge in [-0.15, -0.1) is 0 Å². The Kier molecular flexibility index (Phi) is 7.98. The highest BCUT2D eigenvalue weighted by Gasteiger charge is 2.16. The van der Waals surface area contributed by atoms with Gasteiger partial charge in [-0.25, -0.2) is 9.18 Å². The normalized spacial score (nSPS) is 15.7. The molecule has 2 rings (SSSR count). The number of hydrogen-bond donors (Lipinski definition) is 2. The molecule has 1 unspecified atom stereocenters. The van der Waals surface area contributed by atoms with Crippen molar-refractivity contribution in [3.8, 4) is 0 Å². The molecule has 2 amide bonds. The quantitative estimate of drug-likeness (QED) is 0.744. The van der Waals surface area contributed by atoms with Crippen LogP contribution in [0.3, 0.4) is 0 Å². The van der Waals surface area contributed by atoms with E-state index >= 15 is 0 Å². The SMILES string of the molecule is CCCCC(CC)CNC(=O)Nc1ccc(N2CCOCC2)c(F)c1. The van der Waals surface area contributed by atoms with Crippen molar-refractivity contribution in [2.75, 3.05) is 43.1 Å². The van der Waals surface area contributed by atoms with Gasteiger partial charge in [0.15, 0.2) is 0 Å². The van der Waals surface area contributed by atoms with Gasteiger partial charge in [-0.2, -0.15) is 0 Å². The van der Waals surface area contributed by atoms with E-state index in [1.807, 2.05) is 4.90 Å². The van der Waals surface area contributed by atoms with Crippen molar-refractivity contribution in [1.29, 1.82) is 0 Å². The Labute approximate surface area is 149 Å². The Morgan fingerprint density at radius 2 is 2.08 bits per heavy atom. The van der Waals surface area contributed by atoms with Gasteiger partial charge in [-0.1, -0.05) is 33.1 Å². The summed E-state index contributed by atoms with van der Waals surface area (Å²) in [6.45, 7) is 7.54. The number of unbranched alkanes of at least 4 members (excludes halogenated alkanes) is 1. The predicted molar refractivity (Wildman–Crippen MR) is 99.8 cm³/mol. The molecule has 1 aliphatic rings. The second-order valence-corrected chi connectivity index (χ2v) is 6.52. The van der Waals surface area contributed by atoms with Crippen molar-refractivity contribution in [2.24, 2.45) is 5.92 Å².